The molecule has 0 aromatic carbocycles. The van der Waals surface area contributed by atoms with Gasteiger partial charge < -0.3 is 10.4 Å². The van der Waals surface area contributed by atoms with Crippen molar-refractivity contribution in [2.45, 2.75) is 58.4 Å². The lowest BCUT2D eigenvalue weighted by molar-refractivity contribution is -0.144. The van der Waals surface area contributed by atoms with Crippen LogP contribution < -0.4 is 5.32 Å². The Morgan fingerprint density at radius 3 is 2.36 bits per heavy atom. The van der Waals surface area contributed by atoms with Crippen LogP contribution in [-0.4, -0.2) is 23.2 Å². The molecule has 0 aliphatic heterocycles. The largest absolute Gasteiger partial charge is 0.480 e. The number of likely N-dealkylation sites (N-methyl/N-ethyl adjacent to an activating group) is 1. The summed E-state index contributed by atoms with van der Waals surface area (Å²) in [7, 11) is 0. The molecular weight excluding hydrogens is 178 g/mol. The highest BCUT2D eigenvalue weighted by molar-refractivity contribution is 5.78. The standard InChI is InChI=1S/C11H23NO2/c1-4-6-7-8-9-11(3,10(13)14)12-5-2/h12H,4-9H2,1-3H3,(H,13,14). The zero-order chi connectivity index (χ0) is 11.0. The first kappa shape index (κ1) is 13.4. The van der Waals surface area contributed by atoms with Crippen molar-refractivity contribution in [3.8, 4) is 0 Å². The van der Waals surface area contributed by atoms with Gasteiger partial charge in [0, 0.05) is 0 Å². The minimum absolute atomic E-state index is 0.705. The molecule has 0 saturated heterocycles. The monoisotopic (exact) mass is 201 g/mol. The van der Waals surface area contributed by atoms with Crippen LogP contribution in [0.5, 0.6) is 0 Å². The second-order valence-electron chi connectivity index (χ2n) is 3.98. The van der Waals surface area contributed by atoms with E-state index in [1.165, 1.54) is 12.8 Å². The number of unbranched alkanes of at least 4 members (excludes halogenated alkanes) is 3. The molecule has 3 heteroatoms. The van der Waals surface area contributed by atoms with Crippen molar-refractivity contribution in [2.75, 3.05) is 6.54 Å². The maximum Gasteiger partial charge on any atom is 0.323 e. The van der Waals surface area contributed by atoms with Crippen LogP contribution in [0, 0.1) is 0 Å². The second-order valence-corrected chi connectivity index (χ2v) is 3.98. The van der Waals surface area contributed by atoms with Gasteiger partial charge in [0.25, 0.3) is 0 Å². The summed E-state index contributed by atoms with van der Waals surface area (Å²) in [5, 5.41) is 12.1. The minimum Gasteiger partial charge on any atom is -0.480 e. The van der Waals surface area contributed by atoms with Gasteiger partial charge in [-0.05, 0) is 19.9 Å². The van der Waals surface area contributed by atoms with Crippen LogP contribution >= 0.6 is 0 Å². The van der Waals surface area contributed by atoms with E-state index in [2.05, 4.69) is 12.2 Å². The number of aliphatic carboxylic acids is 1. The quantitative estimate of drug-likeness (QED) is 0.593. The van der Waals surface area contributed by atoms with Gasteiger partial charge in [0.05, 0.1) is 0 Å². The van der Waals surface area contributed by atoms with E-state index in [0.717, 1.165) is 19.3 Å². The van der Waals surface area contributed by atoms with Crippen molar-refractivity contribution in [2.24, 2.45) is 0 Å². The smallest absolute Gasteiger partial charge is 0.323 e. The van der Waals surface area contributed by atoms with Crippen molar-refractivity contribution in [1.29, 1.82) is 0 Å². The van der Waals surface area contributed by atoms with Gasteiger partial charge in [0.2, 0.25) is 0 Å². The summed E-state index contributed by atoms with van der Waals surface area (Å²) in [5.74, 6) is -0.740. The van der Waals surface area contributed by atoms with Gasteiger partial charge in [0.15, 0.2) is 0 Å². The summed E-state index contributed by atoms with van der Waals surface area (Å²) in [6.45, 7) is 6.56. The lowest BCUT2D eigenvalue weighted by Gasteiger charge is -2.25. The van der Waals surface area contributed by atoms with Crippen molar-refractivity contribution in [3.63, 3.8) is 0 Å². The fourth-order valence-electron chi connectivity index (χ4n) is 1.57. The topological polar surface area (TPSA) is 49.3 Å². The minimum atomic E-state index is -0.740. The van der Waals surface area contributed by atoms with E-state index < -0.39 is 11.5 Å². The van der Waals surface area contributed by atoms with Gasteiger partial charge in [-0.15, -0.1) is 0 Å². The summed E-state index contributed by atoms with van der Waals surface area (Å²) in [5.41, 5.74) is -0.734. The first-order valence-corrected chi connectivity index (χ1v) is 5.55. The molecule has 0 heterocycles. The van der Waals surface area contributed by atoms with Crippen molar-refractivity contribution in [3.05, 3.63) is 0 Å². The zero-order valence-electron chi connectivity index (χ0n) is 9.60. The van der Waals surface area contributed by atoms with Crippen LogP contribution in [0.25, 0.3) is 0 Å². The Labute approximate surface area is 86.9 Å². The second kappa shape index (κ2) is 6.82. The normalized spacial score (nSPS) is 15.1. The predicted octanol–water partition coefficient (Wildman–Crippen LogP) is 2.41. The average Bonchev–Trinajstić information content (AvgIpc) is 2.13. The fourth-order valence-corrected chi connectivity index (χ4v) is 1.57. The van der Waals surface area contributed by atoms with Crippen LogP contribution in [0.1, 0.15) is 52.9 Å². The summed E-state index contributed by atoms with van der Waals surface area (Å²) in [4.78, 5) is 11.0. The highest BCUT2D eigenvalue weighted by Crippen LogP contribution is 2.15. The third kappa shape index (κ3) is 4.61. The fraction of sp³-hybridized carbons (Fsp3) is 0.909. The van der Waals surface area contributed by atoms with Crippen LogP contribution in [-0.2, 0) is 4.79 Å². The average molecular weight is 201 g/mol. The Morgan fingerprint density at radius 1 is 1.29 bits per heavy atom. The number of carboxylic acids is 1. The molecule has 3 nitrogen and oxygen atoms in total. The van der Waals surface area contributed by atoms with E-state index in [9.17, 15) is 4.79 Å². The molecule has 0 bridgehead atoms. The molecule has 2 N–H and O–H groups in total. The van der Waals surface area contributed by atoms with Crippen LogP contribution in [0.15, 0.2) is 0 Å². The molecule has 0 rings (SSSR count). The maximum absolute atomic E-state index is 11.0. The summed E-state index contributed by atoms with van der Waals surface area (Å²) >= 11 is 0. The number of carboxylic acid groups (broad SMARTS) is 1. The van der Waals surface area contributed by atoms with Crippen molar-refractivity contribution >= 4 is 5.97 Å². The number of hydrogen-bond donors (Lipinski definition) is 2. The van der Waals surface area contributed by atoms with E-state index >= 15 is 0 Å². The van der Waals surface area contributed by atoms with Crippen LogP contribution in [0.4, 0.5) is 0 Å². The Kier molecular flexibility index (Phi) is 6.54. The third-order valence-corrected chi connectivity index (χ3v) is 2.57. The van der Waals surface area contributed by atoms with E-state index in [4.69, 9.17) is 5.11 Å². The maximum atomic E-state index is 11.0. The lowest BCUT2D eigenvalue weighted by atomic mass is 9.94. The van der Waals surface area contributed by atoms with Gasteiger partial charge >= 0.3 is 5.97 Å². The molecule has 0 amide bonds. The SMILES string of the molecule is CCCCCCC(C)(NCC)C(=O)O. The Balaban J connectivity index is 3.90. The molecule has 0 radical (unpaired) electrons. The van der Waals surface area contributed by atoms with Crippen molar-refractivity contribution < 1.29 is 9.90 Å². The molecule has 0 aliphatic rings. The zero-order valence-corrected chi connectivity index (χ0v) is 9.60. The molecule has 0 aliphatic carbocycles. The molecule has 14 heavy (non-hydrogen) atoms. The van der Waals surface area contributed by atoms with Gasteiger partial charge in [-0.25, -0.2) is 0 Å². The predicted molar refractivity (Wildman–Crippen MR) is 58.5 cm³/mol. The Bertz CT molecular complexity index is 171. The van der Waals surface area contributed by atoms with E-state index in [1.54, 1.807) is 6.92 Å². The molecular formula is C11H23NO2. The number of nitrogens with one attached hydrogen (secondary N) is 1. The highest BCUT2D eigenvalue weighted by Gasteiger charge is 2.30. The molecule has 84 valence electrons. The van der Waals surface area contributed by atoms with Gasteiger partial charge in [-0.3, -0.25) is 4.79 Å². The van der Waals surface area contributed by atoms with Crippen LogP contribution in [0.3, 0.4) is 0 Å². The van der Waals surface area contributed by atoms with E-state index in [0.29, 0.717) is 6.54 Å². The van der Waals surface area contributed by atoms with Crippen molar-refractivity contribution in [1.82, 2.24) is 5.32 Å². The lowest BCUT2D eigenvalue weighted by Crippen LogP contribution is -2.49. The summed E-state index contributed by atoms with van der Waals surface area (Å²) in [6.07, 6.45) is 5.22. The number of hydrogen-bond acceptors (Lipinski definition) is 2. The van der Waals surface area contributed by atoms with Crippen LogP contribution in [0.2, 0.25) is 0 Å². The van der Waals surface area contributed by atoms with Gasteiger partial charge in [0.1, 0.15) is 5.54 Å². The molecule has 0 aromatic rings. The number of rotatable bonds is 8. The number of carbonyl (C=O) groups is 1. The summed E-state index contributed by atoms with van der Waals surface area (Å²) < 4.78 is 0. The van der Waals surface area contributed by atoms with E-state index in [1.807, 2.05) is 6.92 Å². The molecule has 1 unspecified atom stereocenters. The van der Waals surface area contributed by atoms with E-state index in [-0.39, 0.29) is 0 Å². The molecule has 0 aromatic heterocycles. The van der Waals surface area contributed by atoms with Gasteiger partial charge in [-0.1, -0.05) is 39.5 Å². The Morgan fingerprint density at radius 2 is 1.93 bits per heavy atom. The molecule has 1 atom stereocenters. The molecule has 0 fully saturated rings. The highest BCUT2D eigenvalue weighted by atomic mass is 16.4. The van der Waals surface area contributed by atoms with Gasteiger partial charge in [-0.2, -0.15) is 0 Å². The Hall–Kier alpha value is -0.570. The molecule has 0 spiro atoms. The first-order valence-electron chi connectivity index (χ1n) is 5.55. The molecule has 0 saturated carbocycles. The summed E-state index contributed by atoms with van der Waals surface area (Å²) in [6, 6.07) is 0. The first-order chi connectivity index (χ1) is 6.56. The third-order valence-electron chi connectivity index (χ3n) is 2.57.